The molecule has 1 aromatic heterocycles. The smallest absolute Gasteiger partial charge is 0.258 e. The summed E-state index contributed by atoms with van der Waals surface area (Å²) < 4.78 is 10.6. The van der Waals surface area contributed by atoms with Crippen LogP contribution >= 0.6 is 11.6 Å². The van der Waals surface area contributed by atoms with E-state index in [1.807, 2.05) is 13.8 Å². The van der Waals surface area contributed by atoms with Crippen LogP contribution in [0.25, 0.3) is 11.5 Å². The molecule has 1 aromatic carbocycles. The highest BCUT2D eigenvalue weighted by atomic mass is 35.5. The second kappa shape index (κ2) is 5.59. The first-order chi connectivity index (χ1) is 9.02. The van der Waals surface area contributed by atoms with E-state index in [9.17, 15) is 0 Å². The number of hydrogen-bond donors (Lipinski definition) is 1. The maximum absolute atomic E-state index is 5.97. The number of halogens is 1. The summed E-state index contributed by atoms with van der Waals surface area (Å²) >= 11 is 5.97. The van der Waals surface area contributed by atoms with Crippen molar-refractivity contribution in [1.82, 2.24) is 10.1 Å². The summed E-state index contributed by atoms with van der Waals surface area (Å²) in [7, 11) is 1.63. The van der Waals surface area contributed by atoms with Gasteiger partial charge in [0.05, 0.1) is 10.7 Å². The van der Waals surface area contributed by atoms with Gasteiger partial charge in [-0.15, -0.1) is 0 Å². The van der Waals surface area contributed by atoms with Gasteiger partial charge in [0.1, 0.15) is 6.10 Å². The standard InChI is InChI=1S/C13H16ClN3O2/c1-7(2)11(18-3)12-16-13(19-17-12)8-4-5-10(15)9(14)6-8/h4-7,11H,15H2,1-3H3. The van der Waals surface area contributed by atoms with Gasteiger partial charge >= 0.3 is 0 Å². The van der Waals surface area contributed by atoms with E-state index in [1.165, 1.54) is 0 Å². The molecule has 5 nitrogen and oxygen atoms in total. The first-order valence-electron chi connectivity index (χ1n) is 5.94. The first-order valence-corrected chi connectivity index (χ1v) is 6.32. The summed E-state index contributed by atoms with van der Waals surface area (Å²) in [5.74, 6) is 1.19. The number of nitrogens with zero attached hydrogens (tertiary/aromatic N) is 2. The average molecular weight is 282 g/mol. The maximum atomic E-state index is 5.97. The number of anilines is 1. The van der Waals surface area contributed by atoms with Gasteiger partial charge in [-0.2, -0.15) is 4.98 Å². The average Bonchev–Trinajstić information content (AvgIpc) is 2.82. The van der Waals surface area contributed by atoms with Crippen LogP contribution in [0, 0.1) is 5.92 Å². The molecular weight excluding hydrogens is 266 g/mol. The van der Waals surface area contributed by atoms with Gasteiger partial charge in [0.2, 0.25) is 5.82 Å². The van der Waals surface area contributed by atoms with E-state index < -0.39 is 0 Å². The van der Waals surface area contributed by atoms with Crippen molar-refractivity contribution < 1.29 is 9.26 Å². The molecule has 2 N–H and O–H groups in total. The highest BCUT2D eigenvalue weighted by Gasteiger charge is 2.21. The van der Waals surface area contributed by atoms with Crippen LogP contribution in [0.4, 0.5) is 5.69 Å². The van der Waals surface area contributed by atoms with E-state index in [0.717, 1.165) is 5.56 Å². The lowest BCUT2D eigenvalue weighted by molar-refractivity contribution is 0.0556. The van der Waals surface area contributed by atoms with Gasteiger partial charge in [0.25, 0.3) is 5.89 Å². The molecule has 2 rings (SSSR count). The summed E-state index contributed by atoms with van der Waals surface area (Å²) in [5.41, 5.74) is 6.91. The van der Waals surface area contributed by atoms with Crippen molar-refractivity contribution in [3.8, 4) is 11.5 Å². The molecule has 0 spiro atoms. The Morgan fingerprint density at radius 2 is 2.11 bits per heavy atom. The number of hydrogen-bond acceptors (Lipinski definition) is 5. The molecule has 19 heavy (non-hydrogen) atoms. The molecule has 102 valence electrons. The summed E-state index contributed by atoms with van der Waals surface area (Å²) in [6.45, 7) is 4.06. The normalized spacial score (nSPS) is 12.9. The largest absolute Gasteiger partial charge is 0.398 e. The molecule has 1 unspecified atom stereocenters. The molecule has 1 heterocycles. The molecule has 2 aromatic rings. The topological polar surface area (TPSA) is 74.2 Å². The minimum absolute atomic E-state index is 0.193. The van der Waals surface area contributed by atoms with E-state index in [-0.39, 0.29) is 12.0 Å². The third kappa shape index (κ3) is 2.88. The van der Waals surface area contributed by atoms with E-state index in [1.54, 1.807) is 25.3 Å². The molecular formula is C13H16ClN3O2. The van der Waals surface area contributed by atoms with Gasteiger partial charge in [0.15, 0.2) is 0 Å². The fourth-order valence-corrected chi connectivity index (χ4v) is 1.98. The fourth-order valence-electron chi connectivity index (χ4n) is 1.80. The third-order valence-corrected chi connectivity index (χ3v) is 3.13. The summed E-state index contributed by atoms with van der Waals surface area (Å²) in [5, 5.41) is 4.41. The van der Waals surface area contributed by atoms with Crippen molar-refractivity contribution in [2.75, 3.05) is 12.8 Å². The quantitative estimate of drug-likeness (QED) is 0.870. The molecule has 6 heteroatoms. The molecule has 0 saturated carbocycles. The van der Waals surface area contributed by atoms with Crippen LogP contribution < -0.4 is 5.73 Å². The Kier molecular flexibility index (Phi) is 4.07. The van der Waals surface area contributed by atoms with Gasteiger partial charge in [-0.3, -0.25) is 0 Å². The SMILES string of the molecule is COC(c1noc(-c2ccc(N)c(Cl)c2)n1)C(C)C. The number of ether oxygens (including phenoxy) is 1. The van der Waals surface area contributed by atoms with Crippen LogP contribution in [-0.2, 0) is 4.74 Å². The Morgan fingerprint density at radius 1 is 1.37 bits per heavy atom. The van der Waals surface area contributed by atoms with Crippen molar-refractivity contribution in [2.45, 2.75) is 20.0 Å². The summed E-state index contributed by atoms with van der Waals surface area (Å²) in [4.78, 5) is 4.34. The second-order valence-corrected chi connectivity index (χ2v) is 5.00. The van der Waals surface area contributed by atoms with Gasteiger partial charge < -0.3 is 15.0 Å². The summed E-state index contributed by atoms with van der Waals surface area (Å²) in [6.07, 6.45) is -0.193. The van der Waals surface area contributed by atoms with Crippen molar-refractivity contribution in [1.29, 1.82) is 0 Å². The van der Waals surface area contributed by atoms with Crippen molar-refractivity contribution in [2.24, 2.45) is 5.92 Å². The van der Waals surface area contributed by atoms with Crippen LogP contribution in [0.1, 0.15) is 25.8 Å². The lowest BCUT2D eigenvalue weighted by Gasteiger charge is -2.14. The maximum Gasteiger partial charge on any atom is 0.258 e. The Bertz CT molecular complexity index is 569. The van der Waals surface area contributed by atoms with Crippen molar-refractivity contribution >= 4 is 17.3 Å². The van der Waals surface area contributed by atoms with Crippen LogP contribution in [0.2, 0.25) is 5.02 Å². The minimum atomic E-state index is -0.193. The molecule has 0 aliphatic heterocycles. The molecule has 0 aliphatic carbocycles. The predicted octanol–water partition coefficient (Wildman–Crippen LogP) is 3.32. The molecule has 0 bridgehead atoms. The van der Waals surface area contributed by atoms with Crippen LogP contribution in [0.5, 0.6) is 0 Å². The van der Waals surface area contributed by atoms with Gasteiger partial charge in [0, 0.05) is 12.7 Å². The van der Waals surface area contributed by atoms with Gasteiger partial charge in [-0.1, -0.05) is 30.6 Å². The van der Waals surface area contributed by atoms with E-state index in [2.05, 4.69) is 10.1 Å². The Balaban J connectivity index is 2.32. The van der Waals surface area contributed by atoms with Crippen LogP contribution in [-0.4, -0.2) is 17.3 Å². The molecule has 0 aliphatic rings. The number of methoxy groups -OCH3 is 1. The fraction of sp³-hybridized carbons (Fsp3) is 0.385. The number of nitrogen functional groups attached to an aromatic ring is 1. The zero-order valence-electron chi connectivity index (χ0n) is 11.1. The van der Waals surface area contributed by atoms with Gasteiger partial charge in [-0.05, 0) is 24.1 Å². The van der Waals surface area contributed by atoms with E-state index in [0.29, 0.717) is 22.4 Å². The van der Waals surface area contributed by atoms with Crippen molar-refractivity contribution in [3.63, 3.8) is 0 Å². The lowest BCUT2D eigenvalue weighted by Crippen LogP contribution is -2.10. The van der Waals surface area contributed by atoms with Crippen LogP contribution in [0.15, 0.2) is 22.7 Å². The van der Waals surface area contributed by atoms with E-state index in [4.69, 9.17) is 26.6 Å². The van der Waals surface area contributed by atoms with Crippen LogP contribution in [0.3, 0.4) is 0 Å². The van der Waals surface area contributed by atoms with E-state index >= 15 is 0 Å². The van der Waals surface area contributed by atoms with Gasteiger partial charge in [-0.25, -0.2) is 0 Å². The number of aromatic nitrogens is 2. The number of benzene rings is 1. The first kappa shape index (κ1) is 13.8. The highest BCUT2D eigenvalue weighted by molar-refractivity contribution is 6.33. The lowest BCUT2D eigenvalue weighted by atomic mass is 10.1. The Morgan fingerprint density at radius 3 is 2.68 bits per heavy atom. The predicted molar refractivity (Wildman–Crippen MR) is 73.7 cm³/mol. The second-order valence-electron chi connectivity index (χ2n) is 4.59. The Labute approximate surface area is 116 Å². The van der Waals surface area contributed by atoms with Crippen molar-refractivity contribution in [3.05, 3.63) is 29.0 Å². The molecule has 0 saturated heterocycles. The molecule has 1 atom stereocenters. The molecule has 0 fully saturated rings. The zero-order valence-corrected chi connectivity index (χ0v) is 11.8. The summed E-state index contributed by atoms with van der Waals surface area (Å²) in [6, 6.07) is 5.19. The monoisotopic (exact) mass is 281 g/mol. The number of rotatable bonds is 4. The Hall–Kier alpha value is -1.59. The third-order valence-electron chi connectivity index (χ3n) is 2.80. The molecule has 0 radical (unpaired) electrons. The minimum Gasteiger partial charge on any atom is -0.398 e. The number of nitrogens with two attached hydrogens (primary N) is 1. The molecule has 0 amide bonds. The highest BCUT2D eigenvalue weighted by Crippen LogP contribution is 2.28. The zero-order chi connectivity index (χ0) is 14.0.